The smallest absolute Gasteiger partial charge is 0.256 e. The summed E-state index contributed by atoms with van der Waals surface area (Å²) in [6, 6.07) is 3.17. The molecule has 0 saturated carbocycles. The Morgan fingerprint density at radius 2 is 1.96 bits per heavy atom. The van der Waals surface area contributed by atoms with E-state index in [1.807, 2.05) is 0 Å². The predicted molar refractivity (Wildman–Crippen MR) is 79.2 cm³/mol. The first kappa shape index (κ1) is 17.2. The average molecular weight is 342 g/mol. The van der Waals surface area contributed by atoms with E-state index < -0.39 is 28.3 Å². The molecule has 23 heavy (non-hydrogen) atoms. The highest BCUT2D eigenvalue weighted by molar-refractivity contribution is 7.79. The van der Waals surface area contributed by atoms with Gasteiger partial charge in [0.15, 0.2) is 5.82 Å². The highest BCUT2D eigenvalue weighted by atomic mass is 32.2. The lowest BCUT2D eigenvalue weighted by Gasteiger charge is -2.21. The second-order valence-electron chi connectivity index (χ2n) is 5.56. The van der Waals surface area contributed by atoms with Crippen LogP contribution in [0.4, 0.5) is 20.3 Å². The molecule has 0 amide bonds. The van der Waals surface area contributed by atoms with Gasteiger partial charge < -0.3 is 14.6 Å². The number of aromatic nitrogens is 2. The molecule has 0 aliphatic rings. The Hall–Kier alpha value is -2.13. The van der Waals surface area contributed by atoms with E-state index in [-0.39, 0.29) is 22.3 Å². The summed E-state index contributed by atoms with van der Waals surface area (Å²) >= 11 is -2.55. The molecule has 0 saturated heterocycles. The summed E-state index contributed by atoms with van der Waals surface area (Å²) in [6.45, 7) is 5.18. The zero-order valence-corrected chi connectivity index (χ0v) is 13.4. The van der Waals surface area contributed by atoms with Crippen molar-refractivity contribution < 1.29 is 22.3 Å². The van der Waals surface area contributed by atoms with Gasteiger partial charge in [0.2, 0.25) is 5.82 Å². The molecular weight excluding hydrogens is 328 g/mol. The molecule has 9 heteroatoms. The minimum atomic E-state index is -2.55. The van der Waals surface area contributed by atoms with Crippen molar-refractivity contribution in [1.29, 1.82) is 0 Å². The molecular formula is C14H14F2N3O3S-. The van der Waals surface area contributed by atoms with Crippen molar-refractivity contribution in [1.82, 2.24) is 9.97 Å². The fraction of sp³-hybridized carbons (Fsp3) is 0.286. The summed E-state index contributed by atoms with van der Waals surface area (Å²) < 4.78 is 55.1. The van der Waals surface area contributed by atoms with Gasteiger partial charge >= 0.3 is 0 Å². The highest BCUT2D eigenvalue weighted by Gasteiger charge is 2.20. The first-order valence-electron chi connectivity index (χ1n) is 6.53. The van der Waals surface area contributed by atoms with E-state index >= 15 is 0 Å². The summed E-state index contributed by atoms with van der Waals surface area (Å²) in [5, 5.41) is 2.45. The Morgan fingerprint density at radius 3 is 2.52 bits per heavy atom. The standard InChI is InChI=1S/C14H15F2N3O3S/c1-14(2,3)22-13-11(16)12(17-7-18-13)19-10-5-4-8(23(20)21)6-9(10)15/h4-7H,1-3H3,(H,20,21)(H,17,18,19)/p-1. The Balaban J connectivity index is 2.30. The number of nitrogens with one attached hydrogen (secondary N) is 1. The van der Waals surface area contributed by atoms with Crippen molar-refractivity contribution in [3.05, 3.63) is 36.2 Å². The fourth-order valence-electron chi connectivity index (χ4n) is 1.63. The first-order chi connectivity index (χ1) is 10.7. The minimum absolute atomic E-state index is 0.126. The maximum atomic E-state index is 14.3. The topological polar surface area (TPSA) is 87.2 Å². The van der Waals surface area contributed by atoms with Crippen LogP contribution in [0.1, 0.15) is 20.8 Å². The highest BCUT2D eigenvalue weighted by Crippen LogP contribution is 2.27. The normalized spacial score (nSPS) is 12.8. The van der Waals surface area contributed by atoms with E-state index in [0.29, 0.717) is 0 Å². The molecule has 0 spiro atoms. The van der Waals surface area contributed by atoms with Crippen LogP contribution in [0.2, 0.25) is 0 Å². The number of benzene rings is 1. The molecule has 1 N–H and O–H groups in total. The monoisotopic (exact) mass is 342 g/mol. The molecule has 1 heterocycles. The van der Waals surface area contributed by atoms with Crippen molar-refractivity contribution in [2.45, 2.75) is 31.3 Å². The van der Waals surface area contributed by atoms with Crippen LogP contribution >= 0.6 is 0 Å². The molecule has 0 radical (unpaired) electrons. The van der Waals surface area contributed by atoms with E-state index in [1.165, 1.54) is 12.1 Å². The third kappa shape index (κ3) is 4.42. The number of halogens is 2. The van der Waals surface area contributed by atoms with Crippen molar-refractivity contribution in [2.24, 2.45) is 0 Å². The molecule has 124 valence electrons. The number of hydrogen-bond donors (Lipinski definition) is 1. The van der Waals surface area contributed by atoms with Crippen LogP contribution < -0.4 is 10.1 Å². The van der Waals surface area contributed by atoms with Crippen LogP contribution in [0, 0.1) is 11.6 Å². The van der Waals surface area contributed by atoms with Crippen molar-refractivity contribution in [2.75, 3.05) is 5.32 Å². The Morgan fingerprint density at radius 1 is 1.26 bits per heavy atom. The molecule has 1 aromatic carbocycles. The molecule has 1 unspecified atom stereocenters. The van der Waals surface area contributed by atoms with Gasteiger partial charge in [-0.05, 0) is 50.1 Å². The molecule has 1 atom stereocenters. The molecule has 0 aliphatic heterocycles. The van der Waals surface area contributed by atoms with Gasteiger partial charge in [-0.25, -0.2) is 9.37 Å². The second-order valence-corrected chi connectivity index (χ2v) is 6.50. The number of nitrogens with zero attached hydrogens (tertiary/aromatic N) is 2. The average Bonchev–Trinajstić information content (AvgIpc) is 2.43. The van der Waals surface area contributed by atoms with Gasteiger partial charge in [-0.3, -0.25) is 4.21 Å². The van der Waals surface area contributed by atoms with Crippen molar-refractivity contribution in [3.8, 4) is 5.88 Å². The maximum Gasteiger partial charge on any atom is 0.256 e. The van der Waals surface area contributed by atoms with Crippen LogP contribution in [0.25, 0.3) is 0 Å². The number of hydrogen-bond acceptors (Lipinski definition) is 6. The number of anilines is 2. The molecule has 0 fully saturated rings. The third-order valence-electron chi connectivity index (χ3n) is 2.55. The number of ether oxygens (including phenoxy) is 1. The lowest BCUT2D eigenvalue weighted by atomic mass is 10.2. The molecule has 2 rings (SSSR count). The van der Waals surface area contributed by atoms with E-state index in [4.69, 9.17) is 4.74 Å². The van der Waals surface area contributed by atoms with Crippen LogP contribution in [0.3, 0.4) is 0 Å². The van der Waals surface area contributed by atoms with Crippen molar-refractivity contribution >= 4 is 22.6 Å². The molecule has 1 aromatic heterocycles. The van der Waals surface area contributed by atoms with Gasteiger partial charge in [-0.1, -0.05) is 0 Å². The number of rotatable bonds is 4. The second kappa shape index (κ2) is 6.55. The van der Waals surface area contributed by atoms with E-state index in [0.717, 1.165) is 12.4 Å². The predicted octanol–water partition coefficient (Wildman–Crippen LogP) is 2.91. The van der Waals surface area contributed by atoms with Gasteiger partial charge in [-0.15, -0.1) is 0 Å². The summed E-state index contributed by atoms with van der Waals surface area (Å²) in [4.78, 5) is 7.18. The van der Waals surface area contributed by atoms with Gasteiger partial charge in [0.25, 0.3) is 5.88 Å². The summed E-state index contributed by atoms with van der Waals surface area (Å²) in [5.41, 5.74) is -0.795. The zero-order chi connectivity index (χ0) is 17.2. The van der Waals surface area contributed by atoms with Crippen LogP contribution in [-0.2, 0) is 11.1 Å². The third-order valence-corrected chi connectivity index (χ3v) is 3.19. The minimum Gasteiger partial charge on any atom is -0.768 e. The summed E-state index contributed by atoms with van der Waals surface area (Å²) in [6.07, 6.45) is 1.07. The molecule has 0 bridgehead atoms. The van der Waals surface area contributed by atoms with Crippen LogP contribution in [-0.4, -0.2) is 24.3 Å². The van der Waals surface area contributed by atoms with Gasteiger partial charge in [0.1, 0.15) is 17.7 Å². The summed E-state index contributed by atoms with van der Waals surface area (Å²) in [7, 11) is 0. The lowest BCUT2D eigenvalue weighted by Crippen LogP contribution is -2.24. The fourth-order valence-corrected chi connectivity index (χ4v) is 2.01. The Kier molecular flexibility index (Phi) is 4.90. The quantitative estimate of drug-likeness (QED) is 0.860. The Bertz CT molecular complexity index is 751. The maximum absolute atomic E-state index is 14.3. The Labute approximate surface area is 134 Å². The largest absolute Gasteiger partial charge is 0.768 e. The van der Waals surface area contributed by atoms with Crippen LogP contribution in [0.5, 0.6) is 5.88 Å². The van der Waals surface area contributed by atoms with E-state index in [1.54, 1.807) is 20.8 Å². The SMILES string of the molecule is CC(C)(C)Oc1ncnc(Nc2ccc(S(=O)[O-])cc2F)c1F. The molecule has 6 nitrogen and oxygen atoms in total. The zero-order valence-electron chi connectivity index (χ0n) is 12.6. The van der Waals surface area contributed by atoms with Gasteiger partial charge in [0.05, 0.1) is 5.69 Å². The van der Waals surface area contributed by atoms with Crippen LogP contribution in [0.15, 0.2) is 29.4 Å². The van der Waals surface area contributed by atoms with E-state index in [9.17, 15) is 17.5 Å². The summed E-state index contributed by atoms with van der Waals surface area (Å²) in [5.74, 6) is -2.29. The molecule has 2 aromatic rings. The van der Waals surface area contributed by atoms with Gasteiger partial charge in [-0.2, -0.15) is 9.37 Å². The first-order valence-corrected chi connectivity index (χ1v) is 7.60. The van der Waals surface area contributed by atoms with Crippen molar-refractivity contribution in [3.63, 3.8) is 0 Å². The molecule has 0 aliphatic carbocycles. The van der Waals surface area contributed by atoms with E-state index in [2.05, 4.69) is 15.3 Å². The lowest BCUT2D eigenvalue weighted by molar-refractivity contribution is 0.117. The van der Waals surface area contributed by atoms with Gasteiger partial charge in [0, 0.05) is 4.90 Å².